The van der Waals surface area contributed by atoms with Gasteiger partial charge in [0.25, 0.3) is 0 Å². The van der Waals surface area contributed by atoms with Gasteiger partial charge in [0.2, 0.25) is 0 Å². The third-order valence-electron chi connectivity index (χ3n) is 4.51. The molecule has 0 unspecified atom stereocenters. The number of hydrogen-bond donors (Lipinski definition) is 1. The first kappa shape index (κ1) is 25.4. The molecule has 0 spiro atoms. The second-order valence-corrected chi connectivity index (χ2v) is 7.23. The van der Waals surface area contributed by atoms with Crippen LogP contribution in [0.1, 0.15) is 117 Å². The topological polar surface area (TPSA) is 27.6 Å². The molecule has 0 saturated carbocycles. The maximum absolute atomic E-state index is 3.90. The first-order chi connectivity index (χ1) is 10.8. The summed E-state index contributed by atoms with van der Waals surface area (Å²) in [7, 11) is 0. The molecule has 2 heteroatoms. The number of unbranched alkanes of at least 4 members (excludes halogenated alkanes) is 15. The average Bonchev–Trinajstić information content (AvgIpc) is 2.50. The highest BCUT2D eigenvalue weighted by Gasteiger charge is 1.94. The lowest BCUT2D eigenvalue weighted by Gasteiger charge is -2.03. The summed E-state index contributed by atoms with van der Waals surface area (Å²) in [6.45, 7) is 5.52. The molecule has 0 saturated heterocycles. The Balaban J connectivity index is 0. The molecule has 0 fully saturated rings. The number of hydrogen-bond acceptors (Lipinski definition) is 0. The maximum Gasteiger partial charge on any atom is 0.0739 e. The Morgan fingerprint density at radius 1 is 0.565 bits per heavy atom. The third kappa shape index (κ3) is 24.6. The molecule has 0 aliphatic heterocycles. The van der Waals surface area contributed by atoms with Crippen LogP contribution in [0.5, 0.6) is 0 Å². The van der Waals surface area contributed by atoms with Crippen molar-refractivity contribution in [1.82, 2.24) is 0 Å². The van der Waals surface area contributed by atoms with Gasteiger partial charge in [-0.3, -0.25) is 0 Å². The molecule has 0 radical (unpaired) electrons. The van der Waals surface area contributed by atoms with Gasteiger partial charge in [-0.15, -0.1) is 0 Å². The number of quaternary nitrogens is 1. The van der Waals surface area contributed by atoms with Gasteiger partial charge >= 0.3 is 0 Å². The molecule has 140 valence electrons. The second kappa shape index (κ2) is 22.2. The van der Waals surface area contributed by atoms with Gasteiger partial charge in [-0.1, -0.05) is 88.7 Å². The van der Waals surface area contributed by atoms with Crippen LogP contribution in [0.25, 0.3) is 0 Å². The van der Waals surface area contributed by atoms with E-state index in [0.29, 0.717) is 0 Å². The Labute approximate surface area is 157 Å². The van der Waals surface area contributed by atoms with Gasteiger partial charge in [0.15, 0.2) is 0 Å². The zero-order chi connectivity index (χ0) is 16.3. The van der Waals surface area contributed by atoms with Crippen LogP contribution < -0.4 is 22.7 Å². The quantitative estimate of drug-likeness (QED) is 0.291. The predicted molar refractivity (Wildman–Crippen MR) is 101 cm³/mol. The molecule has 0 rings (SSSR count). The van der Waals surface area contributed by atoms with E-state index in [-0.39, 0.29) is 17.0 Å². The van der Waals surface area contributed by atoms with E-state index in [4.69, 9.17) is 0 Å². The molecule has 23 heavy (non-hydrogen) atoms. The molecule has 0 bridgehead atoms. The van der Waals surface area contributed by atoms with E-state index < -0.39 is 0 Å². The summed E-state index contributed by atoms with van der Waals surface area (Å²) < 4.78 is 0. The van der Waals surface area contributed by atoms with Gasteiger partial charge in [-0.25, -0.2) is 0 Å². The van der Waals surface area contributed by atoms with Crippen LogP contribution in [0.3, 0.4) is 0 Å². The van der Waals surface area contributed by atoms with Crippen molar-refractivity contribution in [2.75, 3.05) is 6.54 Å². The van der Waals surface area contributed by atoms with Crippen LogP contribution >= 0.6 is 0 Å². The molecule has 0 aliphatic carbocycles. The van der Waals surface area contributed by atoms with Crippen molar-refractivity contribution in [1.29, 1.82) is 0 Å². The number of allylic oxidation sites excluding steroid dienone is 2. The smallest absolute Gasteiger partial charge is 0.0739 e. The molecule has 1 nitrogen and oxygen atoms in total. The summed E-state index contributed by atoms with van der Waals surface area (Å²) in [5, 5.41) is 0. The molecule has 0 atom stereocenters. The van der Waals surface area contributed by atoms with E-state index in [0.717, 1.165) is 6.54 Å². The predicted octanol–water partition coefficient (Wildman–Crippen LogP) is 3.44. The molecular weight excluding hydrogens is 346 g/mol. The lowest BCUT2D eigenvalue weighted by Crippen LogP contribution is -3.00. The minimum absolute atomic E-state index is 0. The largest absolute Gasteiger partial charge is 1.00 e. The van der Waals surface area contributed by atoms with Crippen molar-refractivity contribution in [3.63, 3.8) is 0 Å². The highest BCUT2D eigenvalue weighted by atomic mass is 79.9. The minimum Gasteiger partial charge on any atom is -1.00 e. The molecular formula is C21H44BrN. The number of halogens is 1. The van der Waals surface area contributed by atoms with Crippen LogP contribution in [0.4, 0.5) is 0 Å². The standard InChI is InChI=1S/C21H43N.BrH/c1-21(2)19-17-15-13-11-9-7-5-3-4-6-8-10-12-14-16-18-20-22;/h19H,3-18,20,22H2,1-2H3;1H. The van der Waals surface area contributed by atoms with Crippen molar-refractivity contribution in [3.05, 3.63) is 11.6 Å². The van der Waals surface area contributed by atoms with E-state index >= 15 is 0 Å². The van der Waals surface area contributed by atoms with Crippen LogP contribution in [-0.4, -0.2) is 6.54 Å². The van der Waals surface area contributed by atoms with E-state index in [1.807, 2.05) is 0 Å². The summed E-state index contributed by atoms with van der Waals surface area (Å²) >= 11 is 0. The summed E-state index contributed by atoms with van der Waals surface area (Å²) in [6, 6.07) is 0. The van der Waals surface area contributed by atoms with E-state index in [2.05, 4.69) is 25.7 Å². The molecule has 0 heterocycles. The van der Waals surface area contributed by atoms with Crippen molar-refractivity contribution in [3.8, 4) is 0 Å². The zero-order valence-corrected chi connectivity index (χ0v) is 17.8. The Morgan fingerprint density at radius 2 is 0.870 bits per heavy atom. The zero-order valence-electron chi connectivity index (χ0n) is 16.2. The first-order valence-electron chi connectivity index (χ1n) is 10.2. The summed E-state index contributed by atoms with van der Waals surface area (Å²) in [4.78, 5) is 0. The monoisotopic (exact) mass is 389 g/mol. The van der Waals surface area contributed by atoms with Gasteiger partial charge in [0, 0.05) is 0 Å². The van der Waals surface area contributed by atoms with E-state index in [1.54, 1.807) is 0 Å². The Morgan fingerprint density at radius 3 is 1.17 bits per heavy atom. The van der Waals surface area contributed by atoms with Gasteiger partial charge in [0.1, 0.15) is 0 Å². The lowest BCUT2D eigenvalue weighted by molar-refractivity contribution is -0.368. The highest BCUT2D eigenvalue weighted by Crippen LogP contribution is 2.13. The SMILES string of the molecule is CC(C)=CCCCCCCCCCCCCCCCCC[NH3+].[Br-]. The maximum atomic E-state index is 3.90. The molecule has 0 aromatic carbocycles. The summed E-state index contributed by atoms with van der Waals surface area (Å²) in [6.07, 6.45) is 25.3. The van der Waals surface area contributed by atoms with Crippen molar-refractivity contribution in [2.24, 2.45) is 0 Å². The van der Waals surface area contributed by atoms with Gasteiger partial charge in [-0.05, 0) is 39.5 Å². The molecule has 3 N–H and O–H groups in total. The van der Waals surface area contributed by atoms with Gasteiger partial charge in [0.05, 0.1) is 6.54 Å². The van der Waals surface area contributed by atoms with Crippen LogP contribution in [0.15, 0.2) is 11.6 Å². The second-order valence-electron chi connectivity index (χ2n) is 7.23. The Hall–Kier alpha value is 0.180. The van der Waals surface area contributed by atoms with Crippen LogP contribution in [-0.2, 0) is 0 Å². The lowest BCUT2D eigenvalue weighted by atomic mass is 10.0. The fraction of sp³-hybridized carbons (Fsp3) is 0.905. The van der Waals surface area contributed by atoms with Crippen LogP contribution in [0, 0.1) is 0 Å². The van der Waals surface area contributed by atoms with E-state index in [1.165, 1.54) is 108 Å². The fourth-order valence-electron chi connectivity index (χ4n) is 3.01. The molecule has 0 aromatic rings. The Kier molecular flexibility index (Phi) is 24.5. The fourth-order valence-corrected chi connectivity index (χ4v) is 3.01. The molecule has 0 aromatic heterocycles. The van der Waals surface area contributed by atoms with Gasteiger partial charge < -0.3 is 22.7 Å². The van der Waals surface area contributed by atoms with Crippen molar-refractivity contribution >= 4 is 0 Å². The Bertz CT molecular complexity index is 234. The first-order valence-corrected chi connectivity index (χ1v) is 10.2. The van der Waals surface area contributed by atoms with Crippen LogP contribution in [0.2, 0.25) is 0 Å². The normalized spacial score (nSPS) is 10.4. The molecule has 0 aliphatic rings. The van der Waals surface area contributed by atoms with Gasteiger partial charge in [-0.2, -0.15) is 0 Å². The summed E-state index contributed by atoms with van der Waals surface area (Å²) in [5.74, 6) is 0. The van der Waals surface area contributed by atoms with Crippen molar-refractivity contribution in [2.45, 2.75) is 117 Å². The average molecular weight is 390 g/mol. The van der Waals surface area contributed by atoms with E-state index in [9.17, 15) is 0 Å². The minimum atomic E-state index is 0. The van der Waals surface area contributed by atoms with Crippen molar-refractivity contribution < 1.29 is 22.7 Å². The summed E-state index contributed by atoms with van der Waals surface area (Å²) in [5.41, 5.74) is 5.37. The highest BCUT2D eigenvalue weighted by molar-refractivity contribution is 4.92. The molecule has 0 amide bonds. The third-order valence-corrected chi connectivity index (χ3v) is 4.51. The number of rotatable bonds is 17.